The minimum absolute atomic E-state index is 0.0527. The molecule has 1 N–H and O–H groups in total. The Kier molecular flexibility index (Phi) is 3.65. The average Bonchev–Trinajstić information content (AvgIpc) is 2.46. The number of benzene rings is 2. The fraction of sp³-hybridized carbons (Fsp3) is 0.0714. The Labute approximate surface area is 114 Å². The van der Waals surface area contributed by atoms with E-state index in [1.54, 1.807) is 12.1 Å². The molecule has 0 amide bonds. The minimum Gasteiger partial charge on any atom is -0.496 e. The van der Waals surface area contributed by atoms with E-state index in [0.29, 0.717) is 16.9 Å². The molecular weight excluding hydrogens is 262 g/mol. The summed E-state index contributed by atoms with van der Waals surface area (Å²) >= 11 is 0. The molecule has 2 aromatic carbocycles. The van der Waals surface area contributed by atoms with Gasteiger partial charge in [0.05, 0.1) is 17.6 Å². The van der Waals surface area contributed by atoms with Crippen LogP contribution in [0.2, 0.25) is 0 Å². The van der Waals surface area contributed by atoms with Gasteiger partial charge in [-0.05, 0) is 23.8 Å². The number of carboxylic acid groups (broad SMARTS) is 1. The van der Waals surface area contributed by atoms with E-state index in [1.807, 2.05) is 0 Å². The van der Waals surface area contributed by atoms with Crippen LogP contribution in [0.4, 0.5) is 5.69 Å². The van der Waals surface area contributed by atoms with Crippen LogP contribution < -0.4 is 4.74 Å². The number of carboxylic acids is 1. The Morgan fingerprint density at radius 3 is 2.35 bits per heavy atom. The van der Waals surface area contributed by atoms with Crippen molar-refractivity contribution in [3.8, 4) is 16.9 Å². The van der Waals surface area contributed by atoms with Crippen molar-refractivity contribution in [2.24, 2.45) is 0 Å². The zero-order valence-electron chi connectivity index (χ0n) is 10.6. The van der Waals surface area contributed by atoms with E-state index in [4.69, 9.17) is 9.84 Å². The predicted molar refractivity (Wildman–Crippen MR) is 72.0 cm³/mol. The summed E-state index contributed by atoms with van der Waals surface area (Å²) in [5.74, 6) is -0.541. The van der Waals surface area contributed by atoms with Crippen molar-refractivity contribution in [1.29, 1.82) is 0 Å². The molecule has 0 spiro atoms. The molecule has 0 atom stereocenters. The largest absolute Gasteiger partial charge is 0.496 e. The van der Waals surface area contributed by atoms with Gasteiger partial charge in [-0.2, -0.15) is 0 Å². The SMILES string of the molecule is COc1ccc([N+](=O)[O-])cc1-c1ccc(C(=O)O)cc1. The molecular formula is C14H11NO5. The number of hydrogen-bond acceptors (Lipinski definition) is 4. The van der Waals surface area contributed by atoms with Crippen LogP contribution in [0.3, 0.4) is 0 Å². The molecule has 20 heavy (non-hydrogen) atoms. The van der Waals surface area contributed by atoms with E-state index < -0.39 is 10.9 Å². The molecule has 0 aromatic heterocycles. The number of carbonyl (C=O) groups is 1. The molecule has 6 nitrogen and oxygen atoms in total. The second kappa shape index (κ2) is 5.40. The van der Waals surface area contributed by atoms with Gasteiger partial charge < -0.3 is 9.84 Å². The Bertz CT molecular complexity index is 664. The molecule has 6 heteroatoms. The van der Waals surface area contributed by atoms with Gasteiger partial charge in [-0.3, -0.25) is 10.1 Å². The molecule has 2 aromatic rings. The average molecular weight is 273 g/mol. The first-order valence-electron chi connectivity index (χ1n) is 5.69. The van der Waals surface area contributed by atoms with E-state index in [0.717, 1.165) is 0 Å². The summed E-state index contributed by atoms with van der Waals surface area (Å²) < 4.78 is 5.17. The summed E-state index contributed by atoms with van der Waals surface area (Å²) in [7, 11) is 1.47. The Hall–Kier alpha value is -2.89. The second-order valence-corrected chi connectivity index (χ2v) is 4.02. The van der Waals surface area contributed by atoms with Crippen LogP contribution in [-0.4, -0.2) is 23.1 Å². The highest BCUT2D eigenvalue weighted by molar-refractivity contribution is 5.88. The van der Waals surface area contributed by atoms with Crippen LogP contribution in [0.25, 0.3) is 11.1 Å². The highest BCUT2D eigenvalue weighted by atomic mass is 16.6. The van der Waals surface area contributed by atoms with Crippen LogP contribution in [0.1, 0.15) is 10.4 Å². The standard InChI is InChI=1S/C14H11NO5/c1-20-13-7-6-11(15(18)19)8-12(13)9-2-4-10(5-3-9)14(16)17/h2-8H,1H3,(H,16,17). The molecule has 0 aliphatic carbocycles. The maximum atomic E-state index is 10.8. The summed E-state index contributed by atoms with van der Waals surface area (Å²) in [6.07, 6.45) is 0. The maximum Gasteiger partial charge on any atom is 0.335 e. The minimum atomic E-state index is -1.03. The second-order valence-electron chi connectivity index (χ2n) is 4.02. The smallest absolute Gasteiger partial charge is 0.335 e. The van der Waals surface area contributed by atoms with Crippen molar-refractivity contribution in [2.75, 3.05) is 7.11 Å². The molecule has 0 saturated carbocycles. The third-order valence-electron chi connectivity index (χ3n) is 2.84. The van der Waals surface area contributed by atoms with Crippen LogP contribution in [-0.2, 0) is 0 Å². The number of nitro benzene ring substituents is 1. The molecule has 2 rings (SSSR count). The predicted octanol–water partition coefficient (Wildman–Crippen LogP) is 2.97. The van der Waals surface area contributed by atoms with E-state index >= 15 is 0 Å². The van der Waals surface area contributed by atoms with Gasteiger partial charge in [-0.15, -0.1) is 0 Å². The van der Waals surface area contributed by atoms with Gasteiger partial charge in [-0.25, -0.2) is 4.79 Å². The highest BCUT2D eigenvalue weighted by Gasteiger charge is 2.13. The number of rotatable bonds is 4. The summed E-state index contributed by atoms with van der Waals surface area (Å²) in [5.41, 5.74) is 1.29. The summed E-state index contributed by atoms with van der Waals surface area (Å²) in [5, 5.41) is 19.7. The van der Waals surface area contributed by atoms with Gasteiger partial charge >= 0.3 is 5.97 Å². The molecule has 0 aliphatic rings. The van der Waals surface area contributed by atoms with Gasteiger partial charge in [-0.1, -0.05) is 12.1 Å². The van der Waals surface area contributed by atoms with Gasteiger partial charge in [0.1, 0.15) is 5.75 Å². The van der Waals surface area contributed by atoms with Crippen molar-refractivity contribution in [3.63, 3.8) is 0 Å². The normalized spacial score (nSPS) is 10.1. The number of nitrogens with zero attached hydrogens (tertiary/aromatic N) is 1. The van der Waals surface area contributed by atoms with Crippen molar-refractivity contribution < 1.29 is 19.6 Å². The van der Waals surface area contributed by atoms with E-state index in [2.05, 4.69) is 0 Å². The highest BCUT2D eigenvalue weighted by Crippen LogP contribution is 2.33. The molecule has 0 heterocycles. The zero-order valence-corrected chi connectivity index (χ0v) is 10.6. The number of aromatic carboxylic acids is 1. The van der Waals surface area contributed by atoms with Gasteiger partial charge in [0.15, 0.2) is 0 Å². The lowest BCUT2D eigenvalue weighted by molar-refractivity contribution is -0.384. The lowest BCUT2D eigenvalue weighted by atomic mass is 10.0. The summed E-state index contributed by atoms with van der Waals surface area (Å²) in [4.78, 5) is 21.1. The first-order valence-corrected chi connectivity index (χ1v) is 5.69. The van der Waals surface area contributed by atoms with Crippen LogP contribution in [0, 0.1) is 10.1 Å². The molecule has 0 saturated heterocycles. The number of nitro groups is 1. The number of hydrogen-bond donors (Lipinski definition) is 1. The number of non-ortho nitro benzene ring substituents is 1. The van der Waals surface area contributed by atoms with Gasteiger partial charge in [0.2, 0.25) is 0 Å². The molecule has 102 valence electrons. The quantitative estimate of drug-likeness (QED) is 0.683. The molecule has 0 radical (unpaired) electrons. The molecule has 0 fully saturated rings. The fourth-order valence-corrected chi connectivity index (χ4v) is 1.83. The van der Waals surface area contributed by atoms with Crippen LogP contribution >= 0.6 is 0 Å². The zero-order chi connectivity index (χ0) is 14.7. The monoisotopic (exact) mass is 273 g/mol. The van der Waals surface area contributed by atoms with Crippen molar-refractivity contribution in [2.45, 2.75) is 0 Å². The van der Waals surface area contributed by atoms with E-state index in [1.165, 1.54) is 37.4 Å². The Balaban J connectivity index is 2.52. The Morgan fingerprint density at radius 1 is 1.20 bits per heavy atom. The van der Waals surface area contributed by atoms with Crippen molar-refractivity contribution >= 4 is 11.7 Å². The van der Waals surface area contributed by atoms with E-state index in [-0.39, 0.29) is 11.3 Å². The van der Waals surface area contributed by atoms with E-state index in [9.17, 15) is 14.9 Å². The molecule has 0 unspecified atom stereocenters. The molecule has 0 aliphatic heterocycles. The topological polar surface area (TPSA) is 89.7 Å². The van der Waals surface area contributed by atoms with Gasteiger partial charge in [0.25, 0.3) is 5.69 Å². The third kappa shape index (κ3) is 2.59. The first kappa shape index (κ1) is 13.5. The van der Waals surface area contributed by atoms with Crippen molar-refractivity contribution in [1.82, 2.24) is 0 Å². The van der Waals surface area contributed by atoms with Gasteiger partial charge in [0, 0.05) is 17.7 Å². The molecule has 0 bridgehead atoms. The fourth-order valence-electron chi connectivity index (χ4n) is 1.83. The summed E-state index contributed by atoms with van der Waals surface area (Å²) in [6.45, 7) is 0. The Morgan fingerprint density at radius 2 is 1.85 bits per heavy atom. The first-order chi connectivity index (χ1) is 9.52. The number of methoxy groups -OCH3 is 1. The lowest BCUT2D eigenvalue weighted by Crippen LogP contribution is -1.96. The van der Waals surface area contributed by atoms with Crippen LogP contribution in [0.15, 0.2) is 42.5 Å². The summed E-state index contributed by atoms with van der Waals surface area (Å²) in [6, 6.07) is 10.3. The van der Waals surface area contributed by atoms with Crippen molar-refractivity contribution in [3.05, 3.63) is 58.1 Å². The maximum absolute atomic E-state index is 10.8. The number of ether oxygens (including phenoxy) is 1. The lowest BCUT2D eigenvalue weighted by Gasteiger charge is -2.08. The third-order valence-corrected chi connectivity index (χ3v) is 2.84. The van der Waals surface area contributed by atoms with Crippen LogP contribution in [0.5, 0.6) is 5.75 Å².